The van der Waals surface area contributed by atoms with Gasteiger partial charge < -0.3 is 0 Å². The Balaban J connectivity index is 1.87. The van der Waals surface area contributed by atoms with Crippen molar-refractivity contribution in [1.82, 2.24) is 0 Å². The lowest BCUT2D eigenvalue weighted by Crippen LogP contribution is -2.27. The van der Waals surface area contributed by atoms with Gasteiger partial charge in [-0.2, -0.15) is 0 Å². The van der Waals surface area contributed by atoms with Crippen molar-refractivity contribution >= 4 is 33.5 Å². The second kappa shape index (κ2) is 6.94. The second-order valence-corrected chi connectivity index (χ2v) is 7.52. The Morgan fingerprint density at radius 1 is 1.26 bits per heavy atom. The summed E-state index contributed by atoms with van der Waals surface area (Å²) in [5.41, 5.74) is 0. The molecule has 1 aromatic rings. The van der Waals surface area contributed by atoms with Gasteiger partial charge in [-0.25, -0.2) is 0 Å². The molecule has 1 saturated carbocycles. The smallest absolute Gasteiger partial charge is 0.146 e. The predicted octanol–water partition coefficient (Wildman–Crippen LogP) is 5.18. The Morgan fingerprint density at radius 3 is 2.68 bits per heavy atom. The highest BCUT2D eigenvalue weighted by molar-refractivity contribution is 9.10. The summed E-state index contributed by atoms with van der Waals surface area (Å²) in [5, 5.41) is 0. The first-order valence-corrected chi connectivity index (χ1v) is 8.76. The summed E-state index contributed by atoms with van der Waals surface area (Å²) < 4.78 is 1.08. The minimum absolute atomic E-state index is 0.293. The van der Waals surface area contributed by atoms with Crippen LogP contribution in [-0.4, -0.2) is 11.5 Å². The molecule has 0 spiro atoms. The van der Waals surface area contributed by atoms with Crippen LogP contribution in [0.25, 0.3) is 0 Å². The van der Waals surface area contributed by atoms with E-state index in [-0.39, 0.29) is 0 Å². The highest BCUT2D eigenvalue weighted by atomic mass is 79.9. The van der Waals surface area contributed by atoms with E-state index in [4.69, 9.17) is 0 Å². The summed E-state index contributed by atoms with van der Waals surface area (Å²) in [6.45, 7) is 4.59. The Labute approximate surface area is 128 Å². The second-order valence-electron chi connectivity index (χ2n) is 5.65. The van der Waals surface area contributed by atoms with Gasteiger partial charge in [0, 0.05) is 15.3 Å². The fourth-order valence-electron chi connectivity index (χ4n) is 2.67. The molecule has 1 aliphatic rings. The number of hydrogen-bond donors (Lipinski definition) is 0. The van der Waals surface area contributed by atoms with Crippen LogP contribution in [0.15, 0.2) is 33.6 Å². The van der Waals surface area contributed by atoms with Crippen molar-refractivity contribution in [3.8, 4) is 0 Å². The number of carbonyl (C=O) groups is 1. The molecule has 0 amide bonds. The van der Waals surface area contributed by atoms with Crippen molar-refractivity contribution in [1.29, 1.82) is 0 Å². The molecular formula is C16H21BrOS. The molecule has 19 heavy (non-hydrogen) atoms. The van der Waals surface area contributed by atoms with Crippen molar-refractivity contribution in [3.05, 3.63) is 28.7 Å². The quantitative estimate of drug-likeness (QED) is 0.702. The number of benzene rings is 1. The summed E-state index contributed by atoms with van der Waals surface area (Å²) >= 11 is 5.18. The van der Waals surface area contributed by atoms with Crippen molar-refractivity contribution in [3.63, 3.8) is 0 Å². The van der Waals surface area contributed by atoms with Gasteiger partial charge in [-0.1, -0.05) is 26.0 Å². The van der Waals surface area contributed by atoms with Crippen LogP contribution in [0.5, 0.6) is 0 Å². The fraction of sp³-hybridized carbons (Fsp3) is 0.562. The number of Topliss-reactive ketones (excluding diaryl/α,β-unsaturated/α-hetero) is 1. The summed E-state index contributed by atoms with van der Waals surface area (Å²) in [6, 6.07) is 8.10. The third kappa shape index (κ3) is 4.09. The maximum absolute atomic E-state index is 12.3. The highest BCUT2D eigenvalue weighted by Gasteiger charge is 2.28. The van der Waals surface area contributed by atoms with E-state index < -0.39 is 0 Å². The van der Waals surface area contributed by atoms with E-state index in [0.717, 1.165) is 28.1 Å². The topological polar surface area (TPSA) is 17.1 Å². The molecule has 104 valence electrons. The minimum atomic E-state index is 0.293. The molecule has 0 N–H and O–H groups in total. The molecule has 1 nitrogen and oxygen atoms in total. The van der Waals surface area contributed by atoms with Gasteiger partial charge in [0.25, 0.3) is 0 Å². The molecule has 1 aromatic carbocycles. The van der Waals surface area contributed by atoms with Crippen molar-refractivity contribution in [2.24, 2.45) is 17.8 Å². The number of hydrogen-bond acceptors (Lipinski definition) is 2. The van der Waals surface area contributed by atoms with Crippen molar-refractivity contribution in [2.45, 2.75) is 38.0 Å². The first kappa shape index (κ1) is 15.1. The largest absolute Gasteiger partial charge is 0.298 e. The molecule has 3 unspecified atom stereocenters. The van der Waals surface area contributed by atoms with Gasteiger partial charge in [0.2, 0.25) is 0 Å². The molecular weight excluding hydrogens is 320 g/mol. The van der Waals surface area contributed by atoms with E-state index in [2.05, 4.69) is 35.8 Å². The molecule has 0 radical (unpaired) electrons. The lowest BCUT2D eigenvalue weighted by atomic mass is 9.74. The third-order valence-corrected chi connectivity index (χ3v) is 6.31. The molecule has 0 bridgehead atoms. The van der Waals surface area contributed by atoms with E-state index in [1.165, 1.54) is 6.42 Å². The maximum Gasteiger partial charge on any atom is 0.146 e. The van der Waals surface area contributed by atoms with Crippen LogP contribution in [0.4, 0.5) is 0 Å². The third-order valence-electron chi connectivity index (χ3n) is 4.26. The summed E-state index contributed by atoms with van der Waals surface area (Å²) in [6.07, 6.45) is 3.37. The van der Waals surface area contributed by atoms with Gasteiger partial charge in [-0.15, -0.1) is 11.8 Å². The van der Waals surface area contributed by atoms with Crippen LogP contribution in [0.2, 0.25) is 0 Å². The molecule has 0 aliphatic heterocycles. The van der Waals surface area contributed by atoms with Gasteiger partial charge in [0.15, 0.2) is 0 Å². The SMILES string of the molecule is CC1CCC(C(=O)CSc2ccccc2Br)CC1C. The fourth-order valence-corrected chi connectivity index (χ4v) is 4.21. The Morgan fingerprint density at radius 2 is 2.00 bits per heavy atom. The van der Waals surface area contributed by atoms with Crippen LogP contribution < -0.4 is 0 Å². The molecule has 1 fully saturated rings. The van der Waals surface area contributed by atoms with Crippen LogP contribution in [0.3, 0.4) is 0 Å². The maximum atomic E-state index is 12.3. The van der Waals surface area contributed by atoms with Crippen molar-refractivity contribution < 1.29 is 4.79 Å². The molecule has 3 heteroatoms. The van der Waals surface area contributed by atoms with E-state index in [1.807, 2.05) is 18.2 Å². The number of halogens is 1. The predicted molar refractivity (Wildman–Crippen MR) is 85.5 cm³/mol. The monoisotopic (exact) mass is 340 g/mol. The normalized spacial score (nSPS) is 27.2. The Hall–Kier alpha value is -0.280. The molecule has 0 saturated heterocycles. The van der Waals surface area contributed by atoms with Crippen LogP contribution in [0, 0.1) is 17.8 Å². The van der Waals surface area contributed by atoms with Crippen LogP contribution in [0.1, 0.15) is 33.1 Å². The standard InChI is InChI=1S/C16H21BrOS/c1-11-7-8-13(9-12(11)2)15(18)10-19-16-6-4-3-5-14(16)17/h3-6,11-13H,7-10H2,1-2H3. The molecule has 2 rings (SSSR count). The first-order chi connectivity index (χ1) is 9.08. The molecule has 1 aliphatic carbocycles. The average molecular weight is 341 g/mol. The lowest BCUT2D eigenvalue weighted by Gasteiger charge is -2.31. The van der Waals surface area contributed by atoms with Gasteiger partial charge in [0.1, 0.15) is 5.78 Å². The lowest BCUT2D eigenvalue weighted by molar-refractivity contribution is -0.122. The average Bonchev–Trinajstić information content (AvgIpc) is 2.40. The molecule has 0 heterocycles. The Kier molecular flexibility index (Phi) is 5.52. The van der Waals surface area contributed by atoms with E-state index >= 15 is 0 Å². The zero-order valence-corrected chi connectivity index (χ0v) is 14.0. The number of ketones is 1. The first-order valence-electron chi connectivity index (χ1n) is 6.98. The molecule has 3 atom stereocenters. The summed E-state index contributed by atoms with van der Waals surface area (Å²) in [7, 11) is 0. The summed E-state index contributed by atoms with van der Waals surface area (Å²) in [5.74, 6) is 2.80. The Bertz CT molecular complexity index is 446. The van der Waals surface area contributed by atoms with Crippen LogP contribution >= 0.6 is 27.7 Å². The minimum Gasteiger partial charge on any atom is -0.298 e. The van der Waals surface area contributed by atoms with Gasteiger partial charge in [-0.3, -0.25) is 4.79 Å². The van der Waals surface area contributed by atoms with Crippen molar-refractivity contribution in [2.75, 3.05) is 5.75 Å². The number of carbonyl (C=O) groups excluding carboxylic acids is 1. The van der Waals surface area contributed by atoms with Gasteiger partial charge in [-0.05, 0) is 59.2 Å². The van der Waals surface area contributed by atoms with Gasteiger partial charge in [0.05, 0.1) is 5.75 Å². The zero-order valence-electron chi connectivity index (χ0n) is 11.6. The van der Waals surface area contributed by atoms with E-state index in [0.29, 0.717) is 23.4 Å². The number of thioether (sulfide) groups is 1. The number of rotatable bonds is 4. The molecule has 0 aromatic heterocycles. The van der Waals surface area contributed by atoms with E-state index in [9.17, 15) is 4.79 Å². The summed E-state index contributed by atoms with van der Waals surface area (Å²) in [4.78, 5) is 13.5. The van der Waals surface area contributed by atoms with Crippen LogP contribution in [-0.2, 0) is 4.79 Å². The van der Waals surface area contributed by atoms with Gasteiger partial charge >= 0.3 is 0 Å². The highest BCUT2D eigenvalue weighted by Crippen LogP contribution is 2.35. The van der Waals surface area contributed by atoms with E-state index in [1.54, 1.807) is 11.8 Å². The zero-order chi connectivity index (χ0) is 13.8.